The molecule has 0 amide bonds. The minimum atomic E-state index is 0.575. The highest BCUT2D eigenvalue weighted by atomic mass is 16.5. The number of nitrogens with two attached hydrogens (primary N) is 1. The van der Waals surface area contributed by atoms with Crippen molar-refractivity contribution in [1.29, 1.82) is 0 Å². The number of ether oxygens (including phenoxy) is 2. The van der Waals surface area contributed by atoms with Gasteiger partial charge in [0.25, 0.3) is 0 Å². The molecule has 0 aliphatic rings. The van der Waals surface area contributed by atoms with Gasteiger partial charge >= 0.3 is 0 Å². The predicted molar refractivity (Wildman–Crippen MR) is 77.0 cm³/mol. The van der Waals surface area contributed by atoms with Crippen LogP contribution in [0.4, 0.5) is 5.69 Å². The molecule has 0 aliphatic carbocycles. The van der Waals surface area contributed by atoms with E-state index in [1.807, 2.05) is 24.3 Å². The molecule has 100 valence electrons. The SMILES string of the molecule is COc1cnc2c(Oc3ccccc3N)ccnc2c1. The molecular weight excluding hydrogens is 254 g/mol. The Morgan fingerprint density at radius 2 is 1.90 bits per heavy atom. The number of rotatable bonds is 3. The standard InChI is InChI=1S/C15H13N3O2/c1-19-10-8-12-15(18-9-10)14(6-7-17-12)20-13-5-3-2-4-11(13)16/h2-9H,16H2,1H3. The van der Waals surface area contributed by atoms with Crippen molar-refractivity contribution in [2.24, 2.45) is 0 Å². The Morgan fingerprint density at radius 1 is 1.05 bits per heavy atom. The summed E-state index contributed by atoms with van der Waals surface area (Å²) in [7, 11) is 1.59. The van der Waals surface area contributed by atoms with Crippen molar-refractivity contribution in [2.45, 2.75) is 0 Å². The predicted octanol–water partition coefficient (Wildman–Crippen LogP) is 3.01. The average Bonchev–Trinajstić information content (AvgIpc) is 2.49. The van der Waals surface area contributed by atoms with Gasteiger partial charge in [-0.2, -0.15) is 0 Å². The van der Waals surface area contributed by atoms with Crippen molar-refractivity contribution in [3.05, 3.63) is 48.8 Å². The van der Waals surface area contributed by atoms with Crippen LogP contribution in [0, 0.1) is 0 Å². The van der Waals surface area contributed by atoms with Crippen LogP contribution in [0.3, 0.4) is 0 Å². The molecule has 2 heterocycles. The van der Waals surface area contributed by atoms with E-state index in [-0.39, 0.29) is 0 Å². The number of nitrogen functional groups attached to an aromatic ring is 1. The van der Waals surface area contributed by atoms with Gasteiger partial charge in [-0.1, -0.05) is 12.1 Å². The average molecular weight is 267 g/mol. The zero-order valence-electron chi connectivity index (χ0n) is 10.9. The highest BCUT2D eigenvalue weighted by molar-refractivity contribution is 5.82. The normalized spacial score (nSPS) is 10.4. The molecule has 0 radical (unpaired) electrons. The second kappa shape index (κ2) is 5.05. The first kappa shape index (κ1) is 12.2. The van der Waals surface area contributed by atoms with Crippen molar-refractivity contribution < 1.29 is 9.47 Å². The van der Waals surface area contributed by atoms with Crippen LogP contribution in [0.5, 0.6) is 17.2 Å². The molecule has 0 spiro atoms. The summed E-state index contributed by atoms with van der Waals surface area (Å²) < 4.78 is 11.0. The smallest absolute Gasteiger partial charge is 0.156 e. The second-order valence-corrected chi connectivity index (χ2v) is 4.19. The van der Waals surface area contributed by atoms with Gasteiger partial charge in [-0.05, 0) is 12.1 Å². The molecule has 3 aromatic rings. The number of benzene rings is 1. The number of aromatic nitrogens is 2. The van der Waals surface area contributed by atoms with E-state index in [9.17, 15) is 0 Å². The van der Waals surface area contributed by atoms with Gasteiger partial charge in [0.2, 0.25) is 0 Å². The molecule has 5 heteroatoms. The van der Waals surface area contributed by atoms with E-state index in [1.165, 1.54) is 0 Å². The number of hydrogen-bond donors (Lipinski definition) is 1. The van der Waals surface area contributed by atoms with Crippen LogP contribution in [0.25, 0.3) is 11.0 Å². The number of nitrogens with zero attached hydrogens (tertiary/aromatic N) is 2. The molecule has 0 fully saturated rings. The number of hydrogen-bond acceptors (Lipinski definition) is 5. The van der Waals surface area contributed by atoms with Crippen LogP contribution in [0.15, 0.2) is 48.8 Å². The fourth-order valence-corrected chi connectivity index (χ4v) is 1.87. The third kappa shape index (κ3) is 2.21. The van der Waals surface area contributed by atoms with Gasteiger partial charge in [-0.25, -0.2) is 4.98 Å². The highest BCUT2D eigenvalue weighted by Gasteiger charge is 2.08. The molecule has 3 rings (SSSR count). The molecule has 1 aromatic carbocycles. The monoisotopic (exact) mass is 267 g/mol. The van der Waals surface area contributed by atoms with Crippen LogP contribution < -0.4 is 15.2 Å². The van der Waals surface area contributed by atoms with E-state index in [0.717, 1.165) is 0 Å². The number of anilines is 1. The summed E-state index contributed by atoms with van der Waals surface area (Å²) in [6.07, 6.45) is 3.29. The third-order valence-electron chi connectivity index (χ3n) is 2.89. The molecule has 2 N–H and O–H groups in total. The Morgan fingerprint density at radius 3 is 2.70 bits per heavy atom. The summed E-state index contributed by atoms with van der Waals surface area (Å²) in [4.78, 5) is 8.59. The molecule has 0 unspecified atom stereocenters. The number of pyridine rings is 2. The van der Waals surface area contributed by atoms with E-state index in [1.54, 1.807) is 31.6 Å². The summed E-state index contributed by atoms with van der Waals surface area (Å²) in [6.45, 7) is 0. The molecule has 5 nitrogen and oxygen atoms in total. The summed E-state index contributed by atoms with van der Waals surface area (Å²) in [5, 5.41) is 0. The van der Waals surface area contributed by atoms with Crippen LogP contribution in [0.2, 0.25) is 0 Å². The number of para-hydroxylation sites is 2. The third-order valence-corrected chi connectivity index (χ3v) is 2.89. The van der Waals surface area contributed by atoms with Crippen molar-refractivity contribution in [3.8, 4) is 17.2 Å². The molecule has 0 saturated carbocycles. The van der Waals surface area contributed by atoms with Gasteiger partial charge in [0.05, 0.1) is 24.5 Å². The Labute approximate surface area is 116 Å². The van der Waals surface area contributed by atoms with E-state index < -0.39 is 0 Å². The number of fused-ring (bicyclic) bond motifs is 1. The van der Waals surface area contributed by atoms with Gasteiger partial charge in [-0.3, -0.25) is 4.98 Å². The van der Waals surface area contributed by atoms with Crippen LogP contribution >= 0.6 is 0 Å². The quantitative estimate of drug-likeness (QED) is 0.739. The molecule has 0 saturated heterocycles. The van der Waals surface area contributed by atoms with Crippen LogP contribution in [0.1, 0.15) is 0 Å². The Hall–Kier alpha value is -2.82. The lowest BCUT2D eigenvalue weighted by atomic mass is 10.3. The van der Waals surface area contributed by atoms with E-state index in [0.29, 0.717) is 34.0 Å². The summed E-state index contributed by atoms with van der Waals surface area (Å²) in [6, 6.07) is 10.9. The largest absolute Gasteiger partial charge is 0.495 e. The van der Waals surface area contributed by atoms with E-state index in [4.69, 9.17) is 15.2 Å². The van der Waals surface area contributed by atoms with Crippen molar-refractivity contribution in [1.82, 2.24) is 9.97 Å². The topological polar surface area (TPSA) is 70.3 Å². The minimum absolute atomic E-state index is 0.575. The fourth-order valence-electron chi connectivity index (χ4n) is 1.87. The van der Waals surface area contributed by atoms with Crippen molar-refractivity contribution in [2.75, 3.05) is 12.8 Å². The maximum atomic E-state index is 5.88. The van der Waals surface area contributed by atoms with Gasteiger partial charge in [-0.15, -0.1) is 0 Å². The first-order valence-corrected chi connectivity index (χ1v) is 6.09. The minimum Gasteiger partial charge on any atom is -0.495 e. The lowest BCUT2D eigenvalue weighted by Gasteiger charge is -2.10. The van der Waals surface area contributed by atoms with Crippen molar-refractivity contribution in [3.63, 3.8) is 0 Å². The molecule has 2 aromatic heterocycles. The summed E-state index contributed by atoms with van der Waals surface area (Å²) in [5.41, 5.74) is 7.82. The maximum absolute atomic E-state index is 5.88. The Balaban J connectivity index is 2.06. The Bertz CT molecular complexity index is 759. The maximum Gasteiger partial charge on any atom is 0.156 e. The Kier molecular flexibility index (Phi) is 3.09. The van der Waals surface area contributed by atoms with Gasteiger partial charge in [0, 0.05) is 18.3 Å². The second-order valence-electron chi connectivity index (χ2n) is 4.19. The van der Waals surface area contributed by atoms with Gasteiger partial charge in [0.15, 0.2) is 5.75 Å². The first-order valence-electron chi connectivity index (χ1n) is 6.09. The zero-order chi connectivity index (χ0) is 13.9. The van der Waals surface area contributed by atoms with Crippen molar-refractivity contribution >= 4 is 16.7 Å². The summed E-state index contributed by atoms with van der Waals surface area (Å²) in [5.74, 6) is 1.86. The van der Waals surface area contributed by atoms with E-state index >= 15 is 0 Å². The number of methoxy groups -OCH3 is 1. The molecule has 0 atom stereocenters. The molecule has 0 aliphatic heterocycles. The summed E-state index contributed by atoms with van der Waals surface area (Å²) >= 11 is 0. The molecule has 20 heavy (non-hydrogen) atoms. The van der Waals surface area contributed by atoms with E-state index in [2.05, 4.69) is 9.97 Å². The van der Waals surface area contributed by atoms with Gasteiger partial charge < -0.3 is 15.2 Å². The zero-order valence-corrected chi connectivity index (χ0v) is 10.9. The first-order chi connectivity index (χ1) is 9.78. The van der Waals surface area contributed by atoms with Gasteiger partial charge in [0.1, 0.15) is 17.0 Å². The fraction of sp³-hybridized carbons (Fsp3) is 0.0667. The lowest BCUT2D eigenvalue weighted by Crippen LogP contribution is -1.94. The lowest BCUT2D eigenvalue weighted by molar-refractivity contribution is 0.413. The highest BCUT2D eigenvalue weighted by Crippen LogP contribution is 2.31. The molecule has 0 bridgehead atoms. The van der Waals surface area contributed by atoms with Crippen LogP contribution in [-0.2, 0) is 0 Å². The van der Waals surface area contributed by atoms with Crippen LogP contribution in [-0.4, -0.2) is 17.1 Å². The molecular formula is C15H13N3O2.